The van der Waals surface area contributed by atoms with Crippen molar-refractivity contribution in [2.24, 2.45) is 5.92 Å². The average molecular weight is 397 g/mol. The van der Waals surface area contributed by atoms with Gasteiger partial charge in [-0.3, -0.25) is 14.4 Å². The van der Waals surface area contributed by atoms with E-state index in [0.717, 1.165) is 18.4 Å². The van der Waals surface area contributed by atoms with Crippen molar-refractivity contribution in [3.63, 3.8) is 0 Å². The lowest BCUT2D eigenvalue weighted by Crippen LogP contribution is -2.42. The molecular formula is C22H27N3O4. The molecule has 0 unspecified atom stereocenters. The number of carbonyl (C=O) groups excluding carboxylic acids is 3. The van der Waals surface area contributed by atoms with Gasteiger partial charge in [-0.1, -0.05) is 25.1 Å². The highest BCUT2D eigenvalue weighted by Gasteiger charge is 2.29. The van der Waals surface area contributed by atoms with E-state index in [-0.39, 0.29) is 12.5 Å². The molecule has 0 aliphatic carbocycles. The molecule has 4 rings (SSSR count). The predicted octanol–water partition coefficient (Wildman–Crippen LogP) is 1.94. The minimum Gasteiger partial charge on any atom is -0.378 e. The standard InChI is InChI=1S/C22H27N3O4/c1-16-5-4-8-24(13-16)22(28)21(27)18-14-25(19-7-3-2-6-17(18)19)15-20(26)23-9-11-29-12-10-23/h2-3,6-7,14,16H,4-5,8-13,15H2,1H3/t16-/m1/s1. The van der Waals surface area contributed by atoms with E-state index < -0.39 is 11.7 Å². The SMILES string of the molecule is C[C@@H]1CCCN(C(=O)C(=O)c2cn(CC(=O)N3CCOCC3)c3ccccc23)C1. The number of carbonyl (C=O) groups is 3. The number of fused-ring (bicyclic) bond motifs is 1. The second kappa shape index (κ2) is 8.37. The number of benzene rings is 1. The van der Waals surface area contributed by atoms with Crippen LogP contribution in [-0.2, 0) is 20.9 Å². The lowest BCUT2D eigenvalue weighted by atomic mass is 9.99. The molecule has 154 valence electrons. The lowest BCUT2D eigenvalue weighted by molar-refractivity contribution is -0.135. The molecule has 2 fully saturated rings. The van der Waals surface area contributed by atoms with Gasteiger partial charge in [0.2, 0.25) is 5.91 Å². The number of piperidine rings is 1. The zero-order valence-corrected chi connectivity index (χ0v) is 16.8. The number of morpholine rings is 1. The fourth-order valence-corrected chi connectivity index (χ4v) is 4.25. The van der Waals surface area contributed by atoms with Gasteiger partial charge in [0.05, 0.1) is 18.8 Å². The zero-order chi connectivity index (χ0) is 20.4. The first-order chi connectivity index (χ1) is 14.0. The second-order valence-corrected chi connectivity index (χ2v) is 8.01. The first kappa shape index (κ1) is 19.6. The number of Topliss-reactive ketones (excluding diaryl/α,β-unsaturated/α-hetero) is 1. The first-order valence-electron chi connectivity index (χ1n) is 10.3. The Labute approximate surface area is 170 Å². The molecule has 0 spiro atoms. The van der Waals surface area contributed by atoms with Gasteiger partial charge in [-0.15, -0.1) is 0 Å². The van der Waals surface area contributed by atoms with Crippen LogP contribution >= 0.6 is 0 Å². The maximum Gasteiger partial charge on any atom is 0.295 e. The van der Waals surface area contributed by atoms with Crippen molar-refractivity contribution in [1.29, 1.82) is 0 Å². The maximum absolute atomic E-state index is 13.0. The van der Waals surface area contributed by atoms with E-state index in [9.17, 15) is 14.4 Å². The summed E-state index contributed by atoms with van der Waals surface area (Å²) >= 11 is 0. The van der Waals surface area contributed by atoms with Crippen LogP contribution in [0.25, 0.3) is 10.9 Å². The van der Waals surface area contributed by atoms with Crippen LogP contribution in [-0.4, -0.2) is 71.4 Å². The fourth-order valence-electron chi connectivity index (χ4n) is 4.25. The second-order valence-electron chi connectivity index (χ2n) is 8.01. The summed E-state index contributed by atoms with van der Waals surface area (Å²) < 4.78 is 7.09. The molecule has 3 heterocycles. The van der Waals surface area contributed by atoms with Crippen molar-refractivity contribution in [1.82, 2.24) is 14.4 Å². The van der Waals surface area contributed by atoms with Gasteiger partial charge in [0.25, 0.3) is 11.7 Å². The van der Waals surface area contributed by atoms with Gasteiger partial charge in [-0.05, 0) is 24.8 Å². The number of nitrogens with zero attached hydrogens (tertiary/aromatic N) is 3. The smallest absolute Gasteiger partial charge is 0.295 e. The number of hydrogen-bond donors (Lipinski definition) is 0. The van der Waals surface area contributed by atoms with Crippen LogP contribution in [0.1, 0.15) is 30.1 Å². The van der Waals surface area contributed by atoms with Gasteiger partial charge < -0.3 is 19.1 Å². The summed E-state index contributed by atoms with van der Waals surface area (Å²) in [7, 11) is 0. The maximum atomic E-state index is 13.0. The molecule has 2 saturated heterocycles. The van der Waals surface area contributed by atoms with Gasteiger partial charge in [-0.25, -0.2) is 0 Å². The van der Waals surface area contributed by atoms with Crippen LogP contribution in [0.5, 0.6) is 0 Å². The summed E-state index contributed by atoms with van der Waals surface area (Å²) in [6, 6.07) is 7.44. The van der Waals surface area contributed by atoms with Gasteiger partial charge in [0.1, 0.15) is 6.54 Å². The van der Waals surface area contributed by atoms with Crippen molar-refractivity contribution in [2.75, 3.05) is 39.4 Å². The summed E-state index contributed by atoms with van der Waals surface area (Å²) in [5, 5.41) is 0.714. The summed E-state index contributed by atoms with van der Waals surface area (Å²) in [5.74, 6) is -0.538. The Morgan fingerprint density at radius 1 is 1.07 bits per heavy atom. The van der Waals surface area contributed by atoms with Crippen LogP contribution in [0.2, 0.25) is 0 Å². The molecule has 2 aromatic rings. The number of para-hydroxylation sites is 1. The van der Waals surface area contributed by atoms with E-state index in [1.807, 2.05) is 24.3 Å². The summed E-state index contributed by atoms with van der Waals surface area (Å²) in [4.78, 5) is 42.0. The molecule has 29 heavy (non-hydrogen) atoms. The van der Waals surface area contributed by atoms with E-state index in [2.05, 4.69) is 6.92 Å². The van der Waals surface area contributed by atoms with Crippen molar-refractivity contribution in [3.05, 3.63) is 36.0 Å². The van der Waals surface area contributed by atoms with E-state index >= 15 is 0 Å². The van der Waals surface area contributed by atoms with Crippen LogP contribution in [0, 0.1) is 5.92 Å². The topological polar surface area (TPSA) is 71.9 Å². The fraction of sp³-hybridized carbons (Fsp3) is 0.500. The molecule has 7 nitrogen and oxygen atoms in total. The molecule has 2 amide bonds. The Morgan fingerprint density at radius 3 is 2.59 bits per heavy atom. The van der Waals surface area contributed by atoms with E-state index in [4.69, 9.17) is 4.74 Å². The van der Waals surface area contributed by atoms with Crippen LogP contribution in [0.3, 0.4) is 0 Å². The van der Waals surface area contributed by atoms with Crippen LogP contribution in [0.4, 0.5) is 0 Å². The molecule has 0 bridgehead atoms. The highest BCUT2D eigenvalue weighted by molar-refractivity contribution is 6.44. The average Bonchev–Trinajstić information content (AvgIpc) is 3.12. The van der Waals surface area contributed by atoms with Gasteiger partial charge in [0.15, 0.2) is 0 Å². The molecule has 1 atom stereocenters. The third-order valence-electron chi connectivity index (χ3n) is 5.84. The molecule has 2 aliphatic heterocycles. The quantitative estimate of drug-likeness (QED) is 0.584. The van der Waals surface area contributed by atoms with Crippen LogP contribution < -0.4 is 0 Å². The molecule has 2 aliphatic rings. The Bertz CT molecular complexity index is 929. The Morgan fingerprint density at radius 2 is 1.83 bits per heavy atom. The number of aromatic nitrogens is 1. The lowest BCUT2D eigenvalue weighted by Gasteiger charge is -2.30. The number of rotatable bonds is 4. The third kappa shape index (κ3) is 4.05. The Balaban J connectivity index is 1.59. The van der Waals surface area contributed by atoms with Crippen molar-refractivity contribution in [2.45, 2.75) is 26.3 Å². The molecule has 7 heteroatoms. The van der Waals surface area contributed by atoms with E-state index in [0.29, 0.717) is 56.3 Å². The van der Waals surface area contributed by atoms with Gasteiger partial charge >= 0.3 is 0 Å². The monoisotopic (exact) mass is 397 g/mol. The minimum atomic E-state index is -0.493. The minimum absolute atomic E-state index is 0.00997. The number of ether oxygens (including phenoxy) is 1. The Hall–Kier alpha value is -2.67. The largest absolute Gasteiger partial charge is 0.378 e. The number of likely N-dealkylation sites (tertiary alicyclic amines) is 1. The highest BCUT2D eigenvalue weighted by atomic mass is 16.5. The molecule has 0 N–H and O–H groups in total. The Kier molecular flexibility index (Phi) is 5.67. The van der Waals surface area contributed by atoms with Crippen molar-refractivity contribution < 1.29 is 19.1 Å². The van der Waals surface area contributed by atoms with Crippen LogP contribution in [0.15, 0.2) is 30.5 Å². The summed E-state index contributed by atoms with van der Waals surface area (Å²) in [5.41, 5.74) is 1.16. The highest BCUT2D eigenvalue weighted by Crippen LogP contribution is 2.24. The third-order valence-corrected chi connectivity index (χ3v) is 5.84. The first-order valence-corrected chi connectivity index (χ1v) is 10.3. The summed E-state index contributed by atoms with van der Waals surface area (Å²) in [6.07, 6.45) is 3.67. The number of hydrogen-bond acceptors (Lipinski definition) is 4. The molecule has 1 aromatic carbocycles. The van der Waals surface area contributed by atoms with E-state index in [1.165, 1.54) is 0 Å². The predicted molar refractivity (Wildman–Crippen MR) is 109 cm³/mol. The molecule has 0 saturated carbocycles. The van der Waals surface area contributed by atoms with Gasteiger partial charge in [0, 0.05) is 43.3 Å². The number of ketones is 1. The van der Waals surface area contributed by atoms with Gasteiger partial charge in [-0.2, -0.15) is 0 Å². The van der Waals surface area contributed by atoms with Crippen molar-refractivity contribution >= 4 is 28.5 Å². The molecular weight excluding hydrogens is 370 g/mol. The zero-order valence-electron chi connectivity index (χ0n) is 16.8. The van der Waals surface area contributed by atoms with E-state index in [1.54, 1.807) is 20.6 Å². The normalized spacial score (nSPS) is 20.1. The molecule has 1 aromatic heterocycles. The summed E-state index contributed by atoms with van der Waals surface area (Å²) in [6.45, 7) is 5.75. The van der Waals surface area contributed by atoms with Crippen molar-refractivity contribution in [3.8, 4) is 0 Å². The molecule has 0 radical (unpaired) electrons. The number of amides is 2.